The van der Waals surface area contributed by atoms with E-state index in [0.717, 1.165) is 12.4 Å². The van der Waals surface area contributed by atoms with Crippen LogP contribution < -0.4 is 5.73 Å². The van der Waals surface area contributed by atoms with E-state index < -0.39 is 0 Å². The molecule has 0 heterocycles. The van der Waals surface area contributed by atoms with Gasteiger partial charge in [-0.15, -0.1) is 0 Å². The summed E-state index contributed by atoms with van der Waals surface area (Å²) in [7, 11) is 0. The van der Waals surface area contributed by atoms with E-state index in [-0.39, 0.29) is 5.41 Å². The second kappa shape index (κ2) is 8.03. The van der Waals surface area contributed by atoms with E-state index >= 15 is 0 Å². The Morgan fingerprint density at radius 3 is 2.27 bits per heavy atom. The van der Waals surface area contributed by atoms with Crippen molar-refractivity contribution < 1.29 is 0 Å². The molecule has 3 heteroatoms. The summed E-state index contributed by atoms with van der Waals surface area (Å²) in [6.07, 6.45) is 7.27. The third-order valence-electron chi connectivity index (χ3n) is 2.31. The topological polar surface area (TPSA) is 38.4 Å². The first kappa shape index (κ1) is 14.8. The minimum absolute atomic E-state index is 0.0266. The van der Waals surface area contributed by atoms with Gasteiger partial charge in [0, 0.05) is 12.0 Å². The molecule has 0 unspecified atom stereocenters. The third-order valence-corrected chi connectivity index (χ3v) is 3.00. The minimum atomic E-state index is 0.0266. The molecule has 0 aromatic carbocycles. The van der Waals surface area contributed by atoms with Gasteiger partial charge < -0.3 is 5.73 Å². The molecule has 0 saturated carbocycles. The largest absolute Gasteiger partial charge is 0.387 e. The van der Waals surface area contributed by atoms with Crippen molar-refractivity contribution in [2.45, 2.75) is 46.5 Å². The van der Waals surface area contributed by atoms with Gasteiger partial charge in [-0.3, -0.25) is 4.99 Å². The zero-order valence-corrected chi connectivity index (χ0v) is 11.5. The quantitative estimate of drug-likeness (QED) is 0.414. The molecular formula is C12H26N2S. The van der Waals surface area contributed by atoms with Gasteiger partial charge in [0.1, 0.15) is 0 Å². The summed E-state index contributed by atoms with van der Waals surface area (Å²) in [5.41, 5.74) is 5.89. The summed E-state index contributed by atoms with van der Waals surface area (Å²) in [5.74, 6) is 2.07. The lowest BCUT2D eigenvalue weighted by molar-refractivity contribution is 0.578. The van der Waals surface area contributed by atoms with Crippen LogP contribution in [0.25, 0.3) is 0 Å². The lowest BCUT2D eigenvalue weighted by Gasteiger charge is -2.17. The normalized spacial score (nSPS) is 13.2. The number of rotatable bonds is 7. The van der Waals surface area contributed by atoms with E-state index in [0.29, 0.717) is 0 Å². The van der Waals surface area contributed by atoms with Crippen molar-refractivity contribution in [1.29, 1.82) is 0 Å². The van der Waals surface area contributed by atoms with E-state index in [2.05, 4.69) is 32.0 Å². The van der Waals surface area contributed by atoms with Crippen molar-refractivity contribution in [2.24, 2.45) is 16.1 Å². The molecule has 15 heavy (non-hydrogen) atoms. The Bertz CT molecular complexity index is 183. The molecule has 0 aliphatic heterocycles. The van der Waals surface area contributed by atoms with Gasteiger partial charge in [-0.2, -0.15) is 11.8 Å². The number of hydrogen-bond donors (Lipinski definition) is 1. The highest BCUT2D eigenvalue weighted by atomic mass is 32.2. The second-order valence-electron chi connectivity index (χ2n) is 4.92. The lowest BCUT2D eigenvalue weighted by Crippen LogP contribution is -2.29. The van der Waals surface area contributed by atoms with Crippen molar-refractivity contribution in [1.82, 2.24) is 0 Å². The first-order valence-electron chi connectivity index (χ1n) is 5.78. The highest BCUT2D eigenvalue weighted by Crippen LogP contribution is 2.13. The fourth-order valence-corrected chi connectivity index (χ4v) is 1.64. The lowest BCUT2D eigenvalue weighted by atomic mass is 9.95. The van der Waals surface area contributed by atoms with Crippen molar-refractivity contribution in [3.05, 3.63) is 0 Å². The highest BCUT2D eigenvalue weighted by molar-refractivity contribution is 7.98. The smallest absolute Gasteiger partial charge is 0.0991 e. The first-order chi connectivity index (χ1) is 6.98. The average molecular weight is 230 g/mol. The van der Waals surface area contributed by atoms with Crippen molar-refractivity contribution in [3.63, 3.8) is 0 Å². The second-order valence-corrected chi connectivity index (χ2v) is 5.91. The van der Waals surface area contributed by atoms with E-state index in [4.69, 9.17) is 5.73 Å². The number of hydrogen-bond acceptors (Lipinski definition) is 2. The zero-order chi connectivity index (χ0) is 11.7. The molecule has 0 aliphatic carbocycles. The van der Waals surface area contributed by atoms with Gasteiger partial charge in [0.15, 0.2) is 0 Å². The molecule has 0 spiro atoms. The van der Waals surface area contributed by atoms with Crippen molar-refractivity contribution >= 4 is 17.6 Å². The zero-order valence-electron chi connectivity index (χ0n) is 10.7. The summed E-state index contributed by atoms with van der Waals surface area (Å²) in [5, 5.41) is 0. The molecule has 0 aliphatic rings. The molecule has 2 nitrogen and oxygen atoms in total. The highest BCUT2D eigenvalue weighted by Gasteiger charge is 2.14. The number of thioether (sulfide) groups is 1. The number of unbranched alkanes of at least 4 members (excludes halogenated alkanes) is 3. The van der Waals surface area contributed by atoms with Gasteiger partial charge in [0.25, 0.3) is 0 Å². The summed E-state index contributed by atoms with van der Waals surface area (Å²) < 4.78 is 0. The Hall–Kier alpha value is -0.180. The monoisotopic (exact) mass is 230 g/mol. The van der Waals surface area contributed by atoms with Crippen LogP contribution >= 0.6 is 11.8 Å². The van der Waals surface area contributed by atoms with Crippen LogP contribution in [0.1, 0.15) is 46.5 Å². The molecule has 0 rings (SSSR count). The third kappa shape index (κ3) is 8.79. The number of amidine groups is 1. The molecule has 0 atom stereocenters. The standard InChI is InChI=1S/C12H26N2S/c1-12(2,3)11(13)14-9-7-5-6-8-10-15-4/h5-10H2,1-4H3,(H2,13,14). The fraction of sp³-hybridized carbons (Fsp3) is 0.917. The van der Waals surface area contributed by atoms with Crippen LogP contribution in [0.15, 0.2) is 4.99 Å². The van der Waals surface area contributed by atoms with Crippen LogP contribution in [-0.2, 0) is 0 Å². The van der Waals surface area contributed by atoms with Crippen molar-refractivity contribution in [3.8, 4) is 0 Å². The number of nitrogens with two attached hydrogens (primary N) is 1. The maximum absolute atomic E-state index is 5.86. The molecule has 0 saturated heterocycles. The summed E-state index contributed by atoms with van der Waals surface area (Å²) in [6, 6.07) is 0. The predicted molar refractivity (Wildman–Crippen MR) is 72.8 cm³/mol. The average Bonchev–Trinajstić information content (AvgIpc) is 2.14. The van der Waals surface area contributed by atoms with Crippen LogP contribution in [0.5, 0.6) is 0 Å². The van der Waals surface area contributed by atoms with E-state index in [1.807, 2.05) is 11.8 Å². The van der Waals surface area contributed by atoms with Crippen LogP contribution in [0.2, 0.25) is 0 Å². The van der Waals surface area contributed by atoms with Crippen LogP contribution in [0, 0.1) is 5.41 Å². The summed E-state index contributed by atoms with van der Waals surface area (Å²) >= 11 is 1.93. The van der Waals surface area contributed by atoms with E-state index in [9.17, 15) is 0 Å². The molecule has 0 fully saturated rings. The maximum Gasteiger partial charge on any atom is 0.0991 e. The summed E-state index contributed by atoms with van der Waals surface area (Å²) in [4.78, 5) is 4.40. The number of nitrogens with zero attached hydrogens (tertiary/aromatic N) is 1. The SMILES string of the molecule is CSCCCCCCN=C(N)C(C)(C)C. The Labute approximate surface area is 99.1 Å². The van der Waals surface area contributed by atoms with E-state index in [1.165, 1.54) is 31.4 Å². The van der Waals surface area contributed by atoms with Crippen LogP contribution in [0.3, 0.4) is 0 Å². The van der Waals surface area contributed by atoms with Crippen LogP contribution in [0.4, 0.5) is 0 Å². The van der Waals surface area contributed by atoms with Gasteiger partial charge in [0.2, 0.25) is 0 Å². The molecule has 2 N–H and O–H groups in total. The Morgan fingerprint density at radius 2 is 1.73 bits per heavy atom. The Kier molecular flexibility index (Phi) is 7.93. The maximum atomic E-state index is 5.86. The summed E-state index contributed by atoms with van der Waals surface area (Å²) in [6.45, 7) is 7.20. The van der Waals surface area contributed by atoms with E-state index in [1.54, 1.807) is 0 Å². The molecular weight excluding hydrogens is 204 g/mol. The van der Waals surface area contributed by atoms with Crippen LogP contribution in [-0.4, -0.2) is 24.4 Å². The van der Waals surface area contributed by atoms with Crippen molar-refractivity contribution in [2.75, 3.05) is 18.6 Å². The first-order valence-corrected chi connectivity index (χ1v) is 7.17. The molecule has 0 aromatic heterocycles. The molecule has 90 valence electrons. The van der Waals surface area contributed by atoms with Gasteiger partial charge in [-0.1, -0.05) is 33.6 Å². The Balaban J connectivity index is 3.45. The van der Waals surface area contributed by atoms with Gasteiger partial charge >= 0.3 is 0 Å². The minimum Gasteiger partial charge on any atom is -0.387 e. The Morgan fingerprint density at radius 1 is 1.13 bits per heavy atom. The molecule has 0 radical (unpaired) electrons. The number of aliphatic imine (C=N–C) groups is 1. The van der Waals surface area contributed by atoms with Gasteiger partial charge in [-0.25, -0.2) is 0 Å². The fourth-order valence-electron chi connectivity index (χ4n) is 1.15. The molecule has 0 amide bonds. The molecule has 0 bridgehead atoms. The predicted octanol–water partition coefficient (Wildman–Crippen LogP) is 3.31. The van der Waals surface area contributed by atoms with Gasteiger partial charge in [-0.05, 0) is 24.9 Å². The van der Waals surface area contributed by atoms with Gasteiger partial charge in [0.05, 0.1) is 5.84 Å². The molecule has 0 aromatic rings.